The number of unbranched alkanes of at least 4 members (excludes halogenated alkanes) is 2. The van der Waals surface area contributed by atoms with Gasteiger partial charge >= 0.3 is 0 Å². The maximum Gasteiger partial charge on any atom is 0.0965 e. The van der Waals surface area contributed by atoms with Crippen molar-refractivity contribution < 1.29 is 0 Å². The average Bonchev–Trinajstić information content (AvgIpc) is 3.70. The lowest BCUT2D eigenvalue weighted by atomic mass is 9.76. The van der Waals surface area contributed by atoms with Crippen LogP contribution in [0.2, 0.25) is 0 Å². The van der Waals surface area contributed by atoms with Crippen molar-refractivity contribution in [2.45, 2.75) is 63.4 Å². The molecule has 0 unspecified atom stereocenters. The zero-order chi connectivity index (χ0) is 32.7. The third kappa shape index (κ3) is 8.90. The molecule has 0 fully saturated rings. The van der Waals surface area contributed by atoms with Crippen LogP contribution >= 0.6 is 0 Å². The topological polar surface area (TPSA) is 17.8 Å². The van der Waals surface area contributed by atoms with Gasteiger partial charge in [-0.3, -0.25) is 0 Å². The van der Waals surface area contributed by atoms with Gasteiger partial charge in [-0.05, 0) is 64.9 Å². The number of aryl methyl sites for hydroxylation is 2. The molecule has 2 radical (unpaired) electrons. The molecule has 1 aromatic heterocycles. The molecule has 0 aliphatic rings. The van der Waals surface area contributed by atoms with E-state index >= 15 is 0 Å². The summed E-state index contributed by atoms with van der Waals surface area (Å²) in [6.45, 7) is 4.52. The molecular formula is C43H47BN2Si. The van der Waals surface area contributed by atoms with Gasteiger partial charge in [-0.25, -0.2) is 4.98 Å². The molecule has 0 spiro atoms. The average molecular weight is 631 g/mol. The second-order valence-electron chi connectivity index (χ2n) is 12.4. The maximum atomic E-state index is 6.12. The lowest BCUT2D eigenvalue weighted by Crippen LogP contribution is -2.46. The lowest BCUT2D eigenvalue weighted by Gasteiger charge is -2.37. The normalized spacial score (nSPS) is 11.5. The summed E-state index contributed by atoms with van der Waals surface area (Å²) in [5.41, 5.74) is 7.88. The van der Waals surface area contributed by atoms with E-state index in [2.05, 4.69) is 133 Å². The molecule has 236 valence electrons. The van der Waals surface area contributed by atoms with Crippen molar-refractivity contribution in [3.05, 3.63) is 192 Å². The Morgan fingerprint density at radius 2 is 1.06 bits per heavy atom. The highest BCUT2D eigenvalue weighted by molar-refractivity contribution is 6.57. The number of nitrogens with zero attached hydrogens (tertiary/aromatic N) is 2. The number of hydrogen-bond donors (Lipinski definition) is 0. The van der Waals surface area contributed by atoms with Gasteiger partial charge in [0.15, 0.2) is 0 Å². The monoisotopic (exact) mass is 630 g/mol. The van der Waals surface area contributed by atoms with Crippen molar-refractivity contribution in [1.82, 2.24) is 9.55 Å². The van der Waals surface area contributed by atoms with E-state index in [0.717, 1.165) is 24.0 Å². The number of benzene rings is 5. The molecule has 0 atom stereocenters. The molecule has 0 saturated heterocycles. The Balaban J connectivity index is 0.000000257. The Morgan fingerprint density at radius 1 is 0.617 bits per heavy atom. The van der Waals surface area contributed by atoms with E-state index in [-0.39, 0.29) is 11.0 Å². The highest BCUT2D eigenvalue weighted by Gasteiger charge is 2.36. The first kappa shape index (κ1) is 33.9. The largest absolute Gasteiger partial charge is 0.326 e. The fraction of sp³-hybridized carbons (Fsp3) is 0.233. The second-order valence-corrected chi connectivity index (χ2v) is 14.6. The molecule has 6 rings (SSSR count). The smallest absolute Gasteiger partial charge is 0.0965 e. The van der Waals surface area contributed by atoms with Crippen LogP contribution in [0.25, 0.3) is 0 Å². The van der Waals surface area contributed by atoms with Crippen LogP contribution < -0.4 is 5.19 Å². The maximum absolute atomic E-state index is 6.12. The molecule has 0 aliphatic carbocycles. The molecule has 4 heteroatoms. The standard InChI is InChI=1S/C30H36N2Si.C13H11B/c1-3-5-10-25-14-18-27(19-15-25)30(32-23-22-31-24-32,33-29-12-8-7-9-13-29)28-20-16-26(17-21-28)11-6-4-2;14-13(11-7-3-1-4-8-11)12-9-5-2-6-10-12/h7-9,12-24H,3-6,10-11,33H2,1-2H3;1-10,13H. The van der Waals surface area contributed by atoms with Crippen molar-refractivity contribution in [3.63, 3.8) is 0 Å². The molecule has 0 saturated carbocycles. The van der Waals surface area contributed by atoms with Crippen LogP contribution in [0, 0.1) is 0 Å². The third-order valence-corrected chi connectivity index (χ3v) is 11.6. The van der Waals surface area contributed by atoms with Crippen LogP contribution in [0.4, 0.5) is 0 Å². The predicted molar refractivity (Wildman–Crippen MR) is 204 cm³/mol. The van der Waals surface area contributed by atoms with E-state index in [0.29, 0.717) is 0 Å². The molecule has 0 amide bonds. The lowest BCUT2D eigenvalue weighted by molar-refractivity contribution is 0.596. The van der Waals surface area contributed by atoms with Gasteiger partial charge in [-0.1, -0.05) is 171 Å². The Kier molecular flexibility index (Phi) is 12.6. The predicted octanol–water partition coefficient (Wildman–Crippen LogP) is 8.76. The van der Waals surface area contributed by atoms with Crippen molar-refractivity contribution in [2.24, 2.45) is 0 Å². The zero-order valence-corrected chi connectivity index (χ0v) is 29.4. The summed E-state index contributed by atoms with van der Waals surface area (Å²) in [7, 11) is 5.31. The van der Waals surface area contributed by atoms with Crippen LogP contribution in [-0.4, -0.2) is 26.9 Å². The first-order chi connectivity index (χ1) is 23.1. The minimum atomic E-state index is -0.803. The molecule has 0 bridgehead atoms. The summed E-state index contributed by atoms with van der Waals surface area (Å²) in [6.07, 6.45) is 13.3. The quantitative estimate of drug-likeness (QED) is 0.117. The van der Waals surface area contributed by atoms with Crippen LogP contribution in [0.15, 0.2) is 158 Å². The SMILES string of the molecule is CCCCc1ccc(C([SiH2]c2ccccc2)(c2ccc(CCCC)cc2)n2ccnc2)cc1.[B]C(c1ccccc1)c1ccccc1. The molecular weight excluding hydrogens is 583 g/mol. The molecule has 1 heterocycles. The summed E-state index contributed by atoms with van der Waals surface area (Å²) in [5.74, 6) is -0.0163. The molecule has 2 nitrogen and oxygen atoms in total. The van der Waals surface area contributed by atoms with Gasteiger partial charge in [-0.2, -0.15) is 0 Å². The van der Waals surface area contributed by atoms with E-state index in [1.165, 1.54) is 53.1 Å². The van der Waals surface area contributed by atoms with E-state index in [1.54, 1.807) is 0 Å². The van der Waals surface area contributed by atoms with Crippen molar-refractivity contribution in [1.29, 1.82) is 0 Å². The fourth-order valence-electron chi connectivity index (χ4n) is 6.31. The highest BCUT2D eigenvalue weighted by Crippen LogP contribution is 2.34. The van der Waals surface area contributed by atoms with Crippen molar-refractivity contribution in [3.8, 4) is 0 Å². The van der Waals surface area contributed by atoms with Gasteiger partial charge in [-0.15, -0.1) is 0 Å². The molecule has 0 aliphatic heterocycles. The number of rotatable bonds is 13. The fourth-order valence-corrected chi connectivity index (χ4v) is 8.65. The van der Waals surface area contributed by atoms with E-state index < -0.39 is 9.52 Å². The number of imidazole rings is 1. The van der Waals surface area contributed by atoms with E-state index in [1.807, 2.05) is 48.9 Å². The van der Waals surface area contributed by atoms with E-state index in [9.17, 15) is 0 Å². The summed E-state index contributed by atoms with van der Waals surface area (Å²) in [4.78, 5) is 4.48. The number of hydrogen-bond acceptors (Lipinski definition) is 1. The van der Waals surface area contributed by atoms with Gasteiger partial charge in [0, 0.05) is 12.4 Å². The van der Waals surface area contributed by atoms with Crippen LogP contribution in [0.5, 0.6) is 0 Å². The molecule has 47 heavy (non-hydrogen) atoms. The van der Waals surface area contributed by atoms with Gasteiger partial charge in [0.05, 0.1) is 28.9 Å². The summed E-state index contributed by atoms with van der Waals surface area (Å²) in [5, 5.41) is 1.24. The second kappa shape index (κ2) is 17.5. The molecule has 5 aromatic carbocycles. The van der Waals surface area contributed by atoms with Crippen LogP contribution in [0.1, 0.15) is 78.7 Å². The Hall–Kier alpha value is -4.41. The molecule has 0 N–H and O–H groups in total. The zero-order valence-electron chi connectivity index (χ0n) is 28.0. The number of aromatic nitrogens is 2. The Bertz CT molecular complexity index is 1610. The van der Waals surface area contributed by atoms with Gasteiger partial charge in [0.1, 0.15) is 0 Å². The minimum Gasteiger partial charge on any atom is -0.326 e. The molecule has 6 aromatic rings. The van der Waals surface area contributed by atoms with Gasteiger partial charge < -0.3 is 4.57 Å². The van der Waals surface area contributed by atoms with Gasteiger partial charge in [0.2, 0.25) is 0 Å². The summed E-state index contributed by atoms with van der Waals surface area (Å²) < 4.78 is 2.36. The Labute approximate surface area is 286 Å². The van der Waals surface area contributed by atoms with Crippen LogP contribution in [-0.2, 0) is 18.0 Å². The van der Waals surface area contributed by atoms with Gasteiger partial charge in [0.25, 0.3) is 0 Å². The first-order valence-electron chi connectivity index (χ1n) is 17.2. The summed E-state index contributed by atoms with van der Waals surface area (Å²) >= 11 is 0. The minimum absolute atomic E-state index is 0.0163. The Morgan fingerprint density at radius 3 is 1.47 bits per heavy atom. The van der Waals surface area contributed by atoms with Crippen molar-refractivity contribution in [2.75, 3.05) is 0 Å². The highest BCUT2D eigenvalue weighted by atomic mass is 28.2. The first-order valence-corrected chi connectivity index (χ1v) is 18.6. The van der Waals surface area contributed by atoms with Crippen molar-refractivity contribution >= 4 is 22.6 Å². The van der Waals surface area contributed by atoms with E-state index in [4.69, 9.17) is 7.85 Å². The van der Waals surface area contributed by atoms with Crippen LogP contribution in [0.3, 0.4) is 0 Å². The third-order valence-electron chi connectivity index (χ3n) is 9.07. The summed E-state index contributed by atoms with van der Waals surface area (Å²) in [6, 6.07) is 50.1.